The highest BCUT2D eigenvalue weighted by Crippen LogP contribution is 2.31. The van der Waals surface area contributed by atoms with Gasteiger partial charge in [-0.2, -0.15) is 0 Å². The number of amides is 1. The molecule has 114 valence electrons. The zero-order chi connectivity index (χ0) is 14.7. The van der Waals surface area contributed by atoms with Crippen molar-refractivity contribution in [3.63, 3.8) is 0 Å². The summed E-state index contributed by atoms with van der Waals surface area (Å²) in [7, 11) is 0. The van der Waals surface area contributed by atoms with Crippen molar-refractivity contribution in [1.82, 2.24) is 4.90 Å². The molecule has 5 nitrogen and oxygen atoms in total. The molecule has 21 heavy (non-hydrogen) atoms. The number of carbonyl (C=O) groups is 1. The summed E-state index contributed by atoms with van der Waals surface area (Å²) in [5, 5.41) is 0. The SMILES string of the molecule is Cc1ccc(OCC(=O)N2CCC3(CC2)OCCO3)cc1. The van der Waals surface area contributed by atoms with Gasteiger partial charge in [-0.1, -0.05) is 17.7 Å². The second-order valence-electron chi connectivity index (χ2n) is 5.59. The van der Waals surface area contributed by atoms with E-state index in [1.54, 1.807) is 0 Å². The van der Waals surface area contributed by atoms with Crippen LogP contribution in [0.25, 0.3) is 0 Å². The first kappa shape index (κ1) is 14.4. The van der Waals surface area contributed by atoms with Gasteiger partial charge in [-0.05, 0) is 19.1 Å². The Hall–Kier alpha value is -1.59. The lowest BCUT2D eigenvalue weighted by atomic mass is 10.0. The van der Waals surface area contributed by atoms with Gasteiger partial charge in [0.2, 0.25) is 0 Å². The van der Waals surface area contributed by atoms with E-state index in [4.69, 9.17) is 14.2 Å². The Balaban J connectivity index is 1.47. The van der Waals surface area contributed by atoms with E-state index in [0.717, 1.165) is 18.6 Å². The van der Waals surface area contributed by atoms with E-state index >= 15 is 0 Å². The van der Waals surface area contributed by atoms with Crippen LogP contribution in [0.5, 0.6) is 5.75 Å². The molecule has 2 aliphatic rings. The summed E-state index contributed by atoms with van der Waals surface area (Å²) >= 11 is 0. The van der Waals surface area contributed by atoms with Crippen molar-refractivity contribution in [3.05, 3.63) is 29.8 Å². The summed E-state index contributed by atoms with van der Waals surface area (Å²) < 4.78 is 16.9. The highest BCUT2D eigenvalue weighted by atomic mass is 16.7. The number of aryl methyl sites for hydroxylation is 1. The number of likely N-dealkylation sites (tertiary alicyclic amines) is 1. The number of piperidine rings is 1. The molecule has 0 atom stereocenters. The second kappa shape index (κ2) is 6.03. The molecular formula is C16H21NO4. The number of ether oxygens (including phenoxy) is 3. The van der Waals surface area contributed by atoms with Gasteiger partial charge >= 0.3 is 0 Å². The van der Waals surface area contributed by atoms with Crippen molar-refractivity contribution < 1.29 is 19.0 Å². The molecule has 1 aromatic carbocycles. The minimum Gasteiger partial charge on any atom is -0.484 e. The number of carbonyl (C=O) groups excluding carboxylic acids is 1. The van der Waals surface area contributed by atoms with Gasteiger partial charge in [-0.3, -0.25) is 4.79 Å². The molecule has 1 amide bonds. The zero-order valence-corrected chi connectivity index (χ0v) is 12.3. The van der Waals surface area contributed by atoms with Crippen molar-refractivity contribution in [2.45, 2.75) is 25.6 Å². The smallest absolute Gasteiger partial charge is 0.260 e. The maximum absolute atomic E-state index is 12.2. The van der Waals surface area contributed by atoms with Crippen LogP contribution < -0.4 is 4.74 Å². The number of hydrogen-bond acceptors (Lipinski definition) is 4. The van der Waals surface area contributed by atoms with E-state index in [9.17, 15) is 4.79 Å². The summed E-state index contributed by atoms with van der Waals surface area (Å²) in [6.07, 6.45) is 1.48. The van der Waals surface area contributed by atoms with Crippen molar-refractivity contribution in [3.8, 4) is 5.75 Å². The zero-order valence-electron chi connectivity index (χ0n) is 12.3. The van der Waals surface area contributed by atoms with Crippen LogP contribution in [0, 0.1) is 6.92 Å². The molecule has 0 aliphatic carbocycles. The second-order valence-corrected chi connectivity index (χ2v) is 5.59. The largest absolute Gasteiger partial charge is 0.484 e. The van der Waals surface area contributed by atoms with E-state index in [1.165, 1.54) is 5.56 Å². The molecule has 0 aromatic heterocycles. The van der Waals surface area contributed by atoms with Gasteiger partial charge in [-0.15, -0.1) is 0 Å². The molecule has 1 spiro atoms. The number of benzene rings is 1. The molecule has 0 saturated carbocycles. The molecular weight excluding hydrogens is 270 g/mol. The van der Waals surface area contributed by atoms with Gasteiger partial charge in [0.05, 0.1) is 13.2 Å². The summed E-state index contributed by atoms with van der Waals surface area (Å²) in [6, 6.07) is 7.71. The molecule has 0 unspecified atom stereocenters. The number of nitrogens with zero attached hydrogens (tertiary/aromatic N) is 1. The van der Waals surface area contributed by atoms with E-state index < -0.39 is 5.79 Å². The van der Waals surface area contributed by atoms with Gasteiger partial charge in [0.1, 0.15) is 5.75 Å². The fraction of sp³-hybridized carbons (Fsp3) is 0.562. The van der Waals surface area contributed by atoms with E-state index in [1.807, 2.05) is 36.1 Å². The predicted octanol–water partition coefficient (Wildman–Crippen LogP) is 1.74. The van der Waals surface area contributed by atoms with E-state index in [0.29, 0.717) is 26.3 Å². The van der Waals surface area contributed by atoms with Crippen molar-refractivity contribution >= 4 is 5.91 Å². The lowest BCUT2D eigenvalue weighted by Gasteiger charge is -2.37. The van der Waals surface area contributed by atoms with Crippen molar-refractivity contribution in [2.24, 2.45) is 0 Å². The first-order valence-electron chi connectivity index (χ1n) is 7.42. The summed E-state index contributed by atoms with van der Waals surface area (Å²) in [5.41, 5.74) is 1.17. The first-order chi connectivity index (χ1) is 10.2. The molecule has 3 rings (SSSR count). The summed E-state index contributed by atoms with van der Waals surface area (Å²) in [5.74, 6) is 0.308. The molecule has 2 saturated heterocycles. The normalized spacial score (nSPS) is 20.7. The number of hydrogen-bond donors (Lipinski definition) is 0. The fourth-order valence-corrected chi connectivity index (χ4v) is 2.75. The Morgan fingerprint density at radius 2 is 1.81 bits per heavy atom. The monoisotopic (exact) mass is 291 g/mol. The third-order valence-electron chi connectivity index (χ3n) is 4.07. The van der Waals surface area contributed by atoms with Crippen LogP contribution in [0.3, 0.4) is 0 Å². The van der Waals surface area contributed by atoms with Gasteiger partial charge in [0.25, 0.3) is 5.91 Å². The van der Waals surface area contributed by atoms with Gasteiger partial charge in [0.15, 0.2) is 12.4 Å². The maximum Gasteiger partial charge on any atom is 0.260 e. The highest BCUT2D eigenvalue weighted by molar-refractivity contribution is 5.77. The van der Waals surface area contributed by atoms with Crippen LogP contribution in [-0.2, 0) is 14.3 Å². The molecule has 5 heteroatoms. The average molecular weight is 291 g/mol. The lowest BCUT2D eigenvalue weighted by Crippen LogP contribution is -2.48. The quantitative estimate of drug-likeness (QED) is 0.851. The van der Waals surface area contributed by atoms with Gasteiger partial charge < -0.3 is 19.1 Å². The molecule has 1 aromatic rings. The maximum atomic E-state index is 12.2. The molecule has 0 radical (unpaired) electrons. The van der Waals surface area contributed by atoms with Gasteiger partial charge in [0, 0.05) is 25.9 Å². The standard InChI is InChI=1S/C16H21NO4/c1-13-2-4-14(5-3-13)19-12-15(18)17-8-6-16(7-9-17)20-10-11-21-16/h2-5H,6-12H2,1H3. The topological polar surface area (TPSA) is 48.0 Å². The molecule has 0 N–H and O–H groups in total. The van der Waals surface area contributed by atoms with E-state index in [-0.39, 0.29) is 12.5 Å². The third-order valence-corrected chi connectivity index (χ3v) is 4.07. The Morgan fingerprint density at radius 1 is 1.19 bits per heavy atom. The van der Waals surface area contributed by atoms with Crippen LogP contribution in [0.4, 0.5) is 0 Å². The van der Waals surface area contributed by atoms with E-state index in [2.05, 4.69) is 0 Å². The van der Waals surface area contributed by atoms with Crippen LogP contribution >= 0.6 is 0 Å². The number of rotatable bonds is 3. The van der Waals surface area contributed by atoms with Crippen molar-refractivity contribution in [1.29, 1.82) is 0 Å². The average Bonchev–Trinajstić information content (AvgIpc) is 2.95. The predicted molar refractivity (Wildman–Crippen MR) is 77.1 cm³/mol. The summed E-state index contributed by atoms with van der Waals surface area (Å²) in [6.45, 7) is 4.74. The highest BCUT2D eigenvalue weighted by Gasteiger charge is 2.40. The Morgan fingerprint density at radius 3 is 2.43 bits per heavy atom. The minimum absolute atomic E-state index is 0.0171. The minimum atomic E-state index is -0.436. The Labute approximate surface area is 124 Å². The molecule has 0 bridgehead atoms. The first-order valence-corrected chi connectivity index (χ1v) is 7.42. The van der Waals surface area contributed by atoms with Crippen molar-refractivity contribution in [2.75, 3.05) is 32.9 Å². The Bertz CT molecular complexity index is 484. The van der Waals surface area contributed by atoms with Crippen LogP contribution in [0.1, 0.15) is 18.4 Å². The molecule has 2 fully saturated rings. The summed E-state index contributed by atoms with van der Waals surface area (Å²) in [4.78, 5) is 14.0. The van der Waals surface area contributed by atoms with Crippen LogP contribution in [0.15, 0.2) is 24.3 Å². The molecule has 2 aliphatic heterocycles. The Kier molecular flexibility index (Phi) is 4.12. The third kappa shape index (κ3) is 3.36. The molecule has 2 heterocycles. The van der Waals surface area contributed by atoms with Crippen LogP contribution in [0.2, 0.25) is 0 Å². The lowest BCUT2D eigenvalue weighted by molar-refractivity contribution is -0.187. The van der Waals surface area contributed by atoms with Crippen LogP contribution in [-0.4, -0.2) is 49.5 Å². The van der Waals surface area contributed by atoms with Gasteiger partial charge in [-0.25, -0.2) is 0 Å². The fourth-order valence-electron chi connectivity index (χ4n) is 2.75.